The standard InChI is InChI=1S/C13H18BrNS2/c1-13(5-4-6-15-13)9-7-10(14)12(17-3)11(8-9)16-2/h7-8,15H,4-6H2,1-3H3. The van der Waals surface area contributed by atoms with Gasteiger partial charge in [0.15, 0.2) is 0 Å². The molecular weight excluding hydrogens is 314 g/mol. The van der Waals surface area contributed by atoms with E-state index in [0.717, 1.165) is 6.54 Å². The molecule has 17 heavy (non-hydrogen) atoms. The maximum absolute atomic E-state index is 3.71. The summed E-state index contributed by atoms with van der Waals surface area (Å²) < 4.78 is 1.22. The van der Waals surface area contributed by atoms with Crippen molar-refractivity contribution in [1.82, 2.24) is 5.32 Å². The van der Waals surface area contributed by atoms with Gasteiger partial charge in [-0.1, -0.05) is 0 Å². The molecule has 4 heteroatoms. The first-order chi connectivity index (χ1) is 8.10. The van der Waals surface area contributed by atoms with E-state index in [9.17, 15) is 0 Å². The van der Waals surface area contributed by atoms with Gasteiger partial charge in [0.05, 0.1) is 0 Å². The van der Waals surface area contributed by atoms with Crippen LogP contribution in [0.2, 0.25) is 0 Å². The smallest absolute Gasteiger partial charge is 0.0407 e. The second kappa shape index (κ2) is 5.55. The average Bonchev–Trinajstić information content (AvgIpc) is 2.76. The highest BCUT2D eigenvalue weighted by Crippen LogP contribution is 2.40. The van der Waals surface area contributed by atoms with Crippen LogP contribution >= 0.6 is 39.5 Å². The summed E-state index contributed by atoms with van der Waals surface area (Å²) in [6, 6.07) is 4.63. The third kappa shape index (κ3) is 2.70. The van der Waals surface area contributed by atoms with Crippen LogP contribution in [0.3, 0.4) is 0 Å². The Morgan fingerprint density at radius 2 is 2.06 bits per heavy atom. The molecule has 1 unspecified atom stereocenters. The van der Waals surface area contributed by atoms with E-state index in [1.54, 1.807) is 0 Å². The van der Waals surface area contributed by atoms with Gasteiger partial charge in [0, 0.05) is 19.8 Å². The minimum Gasteiger partial charge on any atom is -0.308 e. The lowest BCUT2D eigenvalue weighted by molar-refractivity contribution is 0.433. The molecule has 0 radical (unpaired) electrons. The van der Waals surface area contributed by atoms with E-state index in [2.05, 4.69) is 52.8 Å². The molecule has 1 aliphatic rings. The van der Waals surface area contributed by atoms with E-state index in [1.807, 2.05) is 23.5 Å². The fraction of sp³-hybridized carbons (Fsp3) is 0.538. The van der Waals surface area contributed by atoms with Crippen LogP contribution in [-0.2, 0) is 5.54 Å². The lowest BCUT2D eigenvalue weighted by Gasteiger charge is -2.26. The molecule has 0 aliphatic carbocycles. The van der Waals surface area contributed by atoms with E-state index < -0.39 is 0 Å². The van der Waals surface area contributed by atoms with Crippen LogP contribution in [0.5, 0.6) is 0 Å². The van der Waals surface area contributed by atoms with Crippen molar-refractivity contribution < 1.29 is 0 Å². The number of nitrogens with one attached hydrogen (secondary N) is 1. The van der Waals surface area contributed by atoms with Crippen molar-refractivity contribution in [1.29, 1.82) is 0 Å². The summed E-state index contributed by atoms with van der Waals surface area (Å²) in [6.45, 7) is 3.44. The van der Waals surface area contributed by atoms with Crippen LogP contribution in [0, 0.1) is 0 Å². The van der Waals surface area contributed by atoms with Gasteiger partial charge in [0.1, 0.15) is 0 Å². The van der Waals surface area contributed by atoms with Crippen LogP contribution in [0.15, 0.2) is 26.4 Å². The third-order valence-electron chi connectivity index (χ3n) is 3.44. The van der Waals surface area contributed by atoms with E-state index in [-0.39, 0.29) is 5.54 Å². The number of thioether (sulfide) groups is 2. The van der Waals surface area contributed by atoms with Crippen molar-refractivity contribution in [3.63, 3.8) is 0 Å². The van der Waals surface area contributed by atoms with Crippen molar-refractivity contribution in [3.05, 3.63) is 22.2 Å². The number of hydrogen-bond donors (Lipinski definition) is 1. The van der Waals surface area contributed by atoms with E-state index in [4.69, 9.17) is 0 Å². The molecule has 1 N–H and O–H groups in total. The highest BCUT2D eigenvalue weighted by Gasteiger charge is 2.30. The molecule has 1 nitrogen and oxygen atoms in total. The molecule has 2 rings (SSSR count). The van der Waals surface area contributed by atoms with E-state index >= 15 is 0 Å². The SMILES string of the molecule is CSc1cc(C2(C)CCCN2)cc(Br)c1SC. The molecule has 94 valence electrons. The molecule has 1 aromatic rings. The molecular formula is C13H18BrNS2. The van der Waals surface area contributed by atoms with Gasteiger partial charge >= 0.3 is 0 Å². The monoisotopic (exact) mass is 331 g/mol. The molecule has 1 atom stereocenters. The molecule has 0 saturated carbocycles. The summed E-state index contributed by atoms with van der Waals surface area (Å²) in [4.78, 5) is 2.72. The van der Waals surface area contributed by atoms with Gasteiger partial charge in [0.2, 0.25) is 0 Å². The van der Waals surface area contributed by atoms with Gasteiger partial charge in [-0.3, -0.25) is 0 Å². The van der Waals surface area contributed by atoms with Crippen molar-refractivity contribution in [3.8, 4) is 0 Å². The lowest BCUT2D eigenvalue weighted by Crippen LogP contribution is -2.33. The minimum atomic E-state index is 0.157. The number of benzene rings is 1. The molecule has 0 bridgehead atoms. The lowest BCUT2D eigenvalue weighted by atomic mass is 9.91. The highest BCUT2D eigenvalue weighted by atomic mass is 79.9. The quantitative estimate of drug-likeness (QED) is 0.819. The van der Waals surface area contributed by atoms with Gasteiger partial charge in [-0.15, -0.1) is 23.5 Å². The van der Waals surface area contributed by atoms with Crippen molar-refractivity contribution in [2.75, 3.05) is 19.1 Å². The Kier molecular flexibility index (Phi) is 4.50. The Hall–Kier alpha value is 0.360. The summed E-state index contributed by atoms with van der Waals surface area (Å²) >= 11 is 7.34. The average molecular weight is 332 g/mol. The topological polar surface area (TPSA) is 12.0 Å². The zero-order valence-corrected chi connectivity index (χ0v) is 13.7. The van der Waals surface area contributed by atoms with Crippen molar-refractivity contribution >= 4 is 39.5 Å². The Morgan fingerprint density at radius 1 is 1.29 bits per heavy atom. The predicted octanol–water partition coefficient (Wildman–Crippen LogP) is 4.49. The molecule has 1 fully saturated rings. The van der Waals surface area contributed by atoms with E-state index in [0.29, 0.717) is 0 Å². The van der Waals surface area contributed by atoms with Gasteiger partial charge in [0.25, 0.3) is 0 Å². The Labute approximate surface area is 121 Å². The number of halogens is 1. The van der Waals surface area contributed by atoms with Gasteiger partial charge in [-0.2, -0.15) is 0 Å². The van der Waals surface area contributed by atoms with Gasteiger partial charge in [-0.05, 0) is 72.4 Å². The van der Waals surface area contributed by atoms with Crippen LogP contribution in [0.1, 0.15) is 25.3 Å². The first-order valence-corrected chi connectivity index (χ1v) is 9.02. The summed E-state index contributed by atoms with van der Waals surface area (Å²) in [5, 5.41) is 3.63. The van der Waals surface area contributed by atoms with Crippen LogP contribution < -0.4 is 5.32 Å². The third-order valence-corrected chi connectivity index (χ3v) is 6.07. The zero-order valence-electron chi connectivity index (χ0n) is 10.5. The molecule has 1 aromatic carbocycles. The summed E-state index contributed by atoms with van der Waals surface area (Å²) in [5.41, 5.74) is 1.56. The zero-order chi connectivity index (χ0) is 12.5. The second-order valence-electron chi connectivity index (χ2n) is 4.56. The normalized spacial score (nSPS) is 24.2. The maximum atomic E-state index is 3.71. The highest BCUT2D eigenvalue weighted by molar-refractivity contribution is 9.10. The number of rotatable bonds is 3. The van der Waals surface area contributed by atoms with Gasteiger partial charge < -0.3 is 5.32 Å². The first kappa shape index (κ1) is 13.8. The summed E-state index contributed by atoms with van der Waals surface area (Å²) in [5.74, 6) is 0. The molecule has 1 aliphatic heterocycles. The predicted molar refractivity (Wildman–Crippen MR) is 82.3 cm³/mol. The Bertz CT molecular complexity index is 414. The molecule has 0 amide bonds. The molecule has 1 heterocycles. The largest absolute Gasteiger partial charge is 0.308 e. The molecule has 0 spiro atoms. The van der Waals surface area contributed by atoms with Crippen LogP contribution in [-0.4, -0.2) is 19.1 Å². The minimum absolute atomic E-state index is 0.157. The maximum Gasteiger partial charge on any atom is 0.0407 e. The fourth-order valence-electron chi connectivity index (χ4n) is 2.38. The number of hydrogen-bond acceptors (Lipinski definition) is 3. The first-order valence-electron chi connectivity index (χ1n) is 5.78. The Balaban J connectivity index is 2.46. The van der Waals surface area contributed by atoms with Crippen LogP contribution in [0.25, 0.3) is 0 Å². The van der Waals surface area contributed by atoms with E-state index in [1.165, 1.54) is 32.7 Å². The molecule has 0 aromatic heterocycles. The molecule has 1 saturated heterocycles. The van der Waals surface area contributed by atoms with Crippen molar-refractivity contribution in [2.24, 2.45) is 0 Å². The summed E-state index contributed by atoms with van der Waals surface area (Å²) in [7, 11) is 0. The fourth-order valence-corrected chi connectivity index (χ4v) is 5.01. The summed E-state index contributed by atoms with van der Waals surface area (Å²) in [6.07, 6.45) is 6.78. The van der Waals surface area contributed by atoms with Gasteiger partial charge in [-0.25, -0.2) is 0 Å². The second-order valence-corrected chi connectivity index (χ2v) is 7.07. The Morgan fingerprint density at radius 3 is 2.59 bits per heavy atom. The van der Waals surface area contributed by atoms with Crippen molar-refractivity contribution in [2.45, 2.75) is 35.1 Å². The van der Waals surface area contributed by atoms with Crippen LogP contribution in [0.4, 0.5) is 0 Å².